The molecule has 0 bridgehead atoms. The van der Waals surface area contributed by atoms with Crippen molar-refractivity contribution in [3.63, 3.8) is 0 Å². The van der Waals surface area contributed by atoms with Crippen LogP contribution < -0.4 is 21.3 Å². The van der Waals surface area contributed by atoms with Gasteiger partial charge in [0.1, 0.15) is 0 Å². The van der Waals surface area contributed by atoms with Crippen molar-refractivity contribution in [2.75, 3.05) is 47.5 Å². The number of nitrogens with zero attached hydrogens (tertiary/aromatic N) is 3. The molecule has 2 heterocycles. The molecule has 0 radical (unpaired) electrons. The number of amides is 3. The molecular formula is C32H34F3N7O3. The number of halogens is 3. The summed E-state index contributed by atoms with van der Waals surface area (Å²) in [4.78, 5) is 36.5. The Morgan fingerprint density at radius 2 is 1.71 bits per heavy atom. The molecular weight excluding hydrogens is 587 g/mol. The number of rotatable bonds is 10. The van der Waals surface area contributed by atoms with Gasteiger partial charge in [-0.15, -0.1) is 0 Å². The van der Waals surface area contributed by atoms with Gasteiger partial charge in [0.2, 0.25) is 5.95 Å². The molecule has 3 amide bonds. The van der Waals surface area contributed by atoms with E-state index in [0.29, 0.717) is 23.8 Å². The van der Waals surface area contributed by atoms with E-state index in [4.69, 9.17) is 4.74 Å². The van der Waals surface area contributed by atoms with Crippen LogP contribution in [0.25, 0.3) is 0 Å². The SMILES string of the molecule is Cc1ccc(NC(=O)Nc2cccc(C(F)(F)F)c2)cc1C(=O)Nc1cnc(NC2=CC(OCCN3CCCC3)CC=C2)nc1. The molecule has 10 nitrogen and oxygen atoms in total. The van der Waals surface area contributed by atoms with Crippen LogP contribution in [0.5, 0.6) is 0 Å². The van der Waals surface area contributed by atoms with Crippen LogP contribution in [0.2, 0.25) is 0 Å². The molecule has 1 aliphatic carbocycles. The number of aryl methyl sites for hydroxylation is 1. The first-order valence-electron chi connectivity index (χ1n) is 14.6. The van der Waals surface area contributed by atoms with Gasteiger partial charge in [-0.3, -0.25) is 4.79 Å². The zero-order chi connectivity index (χ0) is 31.8. The summed E-state index contributed by atoms with van der Waals surface area (Å²) in [6.45, 7) is 5.63. The van der Waals surface area contributed by atoms with Gasteiger partial charge in [-0.2, -0.15) is 13.2 Å². The van der Waals surface area contributed by atoms with E-state index in [2.05, 4.69) is 36.1 Å². The number of carbonyl (C=O) groups is 2. The summed E-state index contributed by atoms with van der Waals surface area (Å²) >= 11 is 0. The number of likely N-dealkylation sites (tertiary alicyclic amines) is 1. The number of alkyl halides is 3. The summed E-state index contributed by atoms with van der Waals surface area (Å²) in [5, 5.41) is 10.8. The fourth-order valence-corrected chi connectivity index (χ4v) is 4.99. The third-order valence-electron chi connectivity index (χ3n) is 7.32. The average Bonchev–Trinajstić information content (AvgIpc) is 3.53. The lowest BCUT2D eigenvalue weighted by atomic mass is 10.1. The number of hydrogen-bond acceptors (Lipinski definition) is 7. The molecule has 1 aliphatic heterocycles. The minimum atomic E-state index is -4.54. The Labute approximate surface area is 258 Å². The molecule has 0 spiro atoms. The maximum Gasteiger partial charge on any atom is 0.416 e. The van der Waals surface area contributed by atoms with Gasteiger partial charge in [-0.25, -0.2) is 14.8 Å². The lowest BCUT2D eigenvalue weighted by Gasteiger charge is -2.20. The average molecular weight is 622 g/mol. The quantitative estimate of drug-likeness (QED) is 0.206. The van der Waals surface area contributed by atoms with Gasteiger partial charge in [-0.1, -0.05) is 18.2 Å². The summed E-state index contributed by atoms with van der Waals surface area (Å²) in [7, 11) is 0. The van der Waals surface area contributed by atoms with Crippen LogP contribution in [-0.4, -0.2) is 59.2 Å². The van der Waals surface area contributed by atoms with Crippen molar-refractivity contribution in [3.8, 4) is 0 Å². The predicted molar refractivity (Wildman–Crippen MR) is 166 cm³/mol. The van der Waals surface area contributed by atoms with Gasteiger partial charge in [0.05, 0.1) is 36.4 Å². The van der Waals surface area contributed by atoms with Crippen molar-refractivity contribution in [1.29, 1.82) is 0 Å². The van der Waals surface area contributed by atoms with E-state index in [1.165, 1.54) is 43.4 Å². The van der Waals surface area contributed by atoms with E-state index in [-0.39, 0.29) is 23.0 Å². The molecule has 3 aromatic rings. The van der Waals surface area contributed by atoms with Gasteiger partial charge >= 0.3 is 12.2 Å². The summed E-state index contributed by atoms with van der Waals surface area (Å²) in [6.07, 6.45) is 7.69. The molecule has 45 heavy (non-hydrogen) atoms. The number of aromatic nitrogens is 2. The van der Waals surface area contributed by atoms with E-state index in [0.717, 1.165) is 43.9 Å². The van der Waals surface area contributed by atoms with Gasteiger partial charge in [0.15, 0.2) is 0 Å². The molecule has 4 N–H and O–H groups in total. The van der Waals surface area contributed by atoms with E-state index in [1.807, 2.05) is 18.2 Å². The number of carbonyl (C=O) groups excluding carboxylic acids is 2. The summed E-state index contributed by atoms with van der Waals surface area (Å²) < 4.78 is 45.0. The zero-order valence-electron chi connectivity index (χ0n) is 24.7. The predicted octanol–water partition coefficient (Wildman–Crippen LogP) is 6.44. The highest BCUT2D eigenvalue weighted by atomic mass is 19.4. The van der Waals surface area contributed by atoms with E-state index in [1.54, 1.807) is 19.1 Å². The highest BCUT2D eigenvalue weighted by Gasteiger charge is 2.30. The van der Waals surface area contributed by atoms with Crippen LogP contribution in [0.4, 0.5) is 41.0 Å². The summed E-state index contributed by atoms with van der Waals surface area (Å²) in [5.74, 6) is -0.0960. The van der Waals surface area contributed by atoms with Crippen molar-refractivity contribution in [3.05, 3.63) is 95.5 Å². The number of urea groups is 1. The number of benzene rings is 2. The first kappa shape index (κ1) is 31.7. The van der Waals surface area contributed by atoms with Crippen LogP contribution in [0.1, 0.15) is 40.7 Å². The van der Waals surface area contributed by atoms with Crippen LogP contribution in [0.3, 0.4) is 0 Å². The molecule has 13 heteroatoms. The molecule has 236 valence electrons. The number of allylic oxidation sites excluding steroid dienone is 1. The Balaban J connectivity index is 1.14. The van der Waals surface area contributed by atoms with Gasteiger partial charge < -0.3 is 30.9 Å². The first-order valence-corrected chi connectivity index (χ1v) is 14.6. The van der Waals surface area contributed by atoms with Gasteiger partial charge in [-0.05, 0) is 87.3 Å². The molecule has 1 atom stereocenters. The first-order chi connectivity index (χ1) is 21.6. The fraction of sp³-hybridized carbons (Fsp3) is 0.312. The Morgan fingerprint density at radius 1 is 0.978 bits per heavy atom. The third kappa shape index (κ3) is 9.13. The molecule has 0 saturated carbocycles. The molecule has 1 saturated heterocycles. The Kier molecular flexibility index (Phi) is 10.1. The van der Waals surface area contributed by atoms with E-state index < -0.39 is 23.7 Å². The number of nitrogens with one attached hydrogen (secondary N) is 4. The number of anilines is 4. The minimum Gasteiger partial charge on any atom is -0.372 e. The van der Waals surface area contributed by atoms with E-state index in [9.17, 15) is 22.8 Å². The monoisotopic (exact) mass is 621 g/mol. The van der Waals surface area contributed by atoms with Crippen molar-refractivity contribution < 1.29 is 27.5 Å². The fourth-order valence-electron chi connectivity index (χ4n) is 4.99. The second kappa shape index (κ2) is 14.4. The van der Waals surface area contributed by atoms with Crippen LogP contribution in [0, 0.1) is 6.92 Å². The topological polar surface area (TPSA) is 121 Å². The maximum absolute atomic E-state index is 13.1. The minimum absolute atomic E-state index is 0.0257. The van der Waals surface area contributed by atoms with Crippen LogP contribution >= 0.6 is 0 Å². The second-order valence-corrected chi connectivity index (χ2v) is 10.8. The molecule has 1 unspecified atom stereocenters. The van der Waals surface area contributed by atoms with Crippen molar-refractivity contribution in [1.82, 2.24) is 14.9 Å². The lowest BCUT2D eigenvalue weighted by molar-refractivity contribution is -0.137. The highest BCUT2D eigenvalue weighted by molar-refractivity contribution is 6.07. The van der Waals surface area contributed by atoms with Gasteiger partial charge in [0.25, 0.3) is 5.91 Å². The van der Waals surface area contributed by atoms with Crippen LogP contribution in [-0.2, 0) is 10.9 Å². The van der Waals surface area contributed by atoms with Crippen molar-refractivity contribution >= 4 is 34.9 Å². The molecule has 1 fully saturated rings. The lowest BCUT2D eigenvalue weighted by Crippen LogP contribution is -2.26. The number of ether oxygens (including phenoxy) is 1. The second-order valence-electron chi connectivity index (χ2n) is 10.8. The van der Waals surface area contributed by atoms with Crippen LogP contribution in [0.15, 0.2) is 78.8 Å². The maximum atomic E-state index is 13.1. The highest BCUT2D eigenvalue weighted by Crippen LogP contribution is 2.30. The summed E-state index contributed by atoms with van der Waals surface area (Å²) in [6, 6.07) is 8.23. The molecule has 2 aliphatic rings. The Morgan fingerprint density at radius 3 is 2.44 bits per heavy atom. The van der Waals surface area contributed by atoms with E-state index >= 15 is 0 Å². The largest absolute Gasteiger partial charge is 0.416 e. The van der Waals surface area contributed by atoms with Crippen molar-refractivity contribution in [2.24, 2.45) is 0 Å². The van der Waals surface area contributed by atoms with Gasteiger partial charge in [0, 0.05) is 29.2 Å². The molecule has 1 aromatic heterocycles. The zero-order valence-corrected chi connectivity index (χ0v) is 24.7. The number of hydrogen-bond donors (Lipinski definition) is 4. The molecule has 5 rings (SSSR count). The third-order valence-corrected chi connectivity index (χ3v) is 7.32. The standard InChI is InChI=1S/C32H34F3N7O3/c1-21-10-11-25(41-31(44)40-23-7-4-6-22(16-23)32(33,34)35)18-28(21)29(43)38-26-19-36-30(37-20-26)39-24-8-5-9-27(17-24)45-15-14-42-12-2-3-13-42/h4-8,10-11,16-20,27H,2-3,9,12-15H2,1H3,(H,38,43)(H,36,37,39)(H2,40,41,44). The Hall–Kier alpha value is -4.75. The normalized spacial score (nSPS) is 16.6. The molecule has 2 aromatic carbocycles. The smallest absolute Gasteiger partial charge is 0.372 e. The Bertz CT molecular complexity index is 1570. The summed E-state index contributed by atoms with van der Waals surface area (Å²) in [5.41, 5.74) is 1.47. The van der Waals surface area contributed by atoms with Crippen molar-refractivity contribution in [2.45, 2.75) is 38.5 Å².